The molecule has 6 heteroatoms. The molecule has 0 saturated heterocycles. The van der Waals surface area contributed by atoms with Crippen LogP contribution >= 0.6 is 0 Å². The molecule has 1 unspecified atom stereocenters. The first-order valence-corrected chi connectivity index (χ1v) is 6.26. The van der Waals surface area contributed by atoms with Gasteiger partial charge in [0.2, 0.25) is 5.91 Å². The van der Waals surface area contributed by atoms with E-state index in [-0.39, 0.29) is 18.4 Å². The summed E-state index contributed by atoms with van der Waals surface area (Å²) in [5, 5.41) is 15.3. The maximum Gasteiger partial charge on any atom is 0.325 e. The molecular weight excluding hydrogens is 258 g/mol. The second-order valence-corrected chi connectivity index (χ2v) is 4.77. The number of aromatic nitrogens is 2. The van der Waals surface area contributed by atoms with Gasteiger partial charge in [-0.2, -0.15) is 5.10 Å². The molecule has 0 radical (unpaired) electrons. The first-order chi connectivity index (χ1) is 9.63. The molecule has 1 aliphatic rings. The van der Waals surface area contributed by atoms with E-state index in [0.717, 1.165) is 12.0 Å². The molecule has 102 valence electrons. The van der Waals surface area contributed by atoms with Crippen LogP contribution in [-0.2, 0) is 22.6 Å². The van der Waals surface area contributed by atoms with E-state index in [0.29, 0.717) is 5.69 Å². The van der Waals surface area contributed by atoms with Crippen molar-refractivity contribution in [3.63, 3.8) is 0 Å². The number of amides is 1. The van der Waals surface area contributed by atoms with Crippen LogP contribution in [0.4, 0.5) is 5.69 Å². The SMILES string of the molecule is O=C(O)Cn1cc(NC(=O)C2Cc3ccccc32)cn1. The lowest BCUT2D eigenvalue weighted by molar-refractivity contribution is -0.137. The highest BCUT2D eigenvalue weighted by molar-refractivity contribution is 5.97. The highest BCUT2D eigenvalue weighted by atomic mass is 16.4. The minimum Gasteiger partial charge on any atom is -0.480 e. The van der Waals surface area contributed by atoms with Gasteiger partial charge in [-0.15, -0.1) is 0 Å². The lowest BCUT2D eigenvalue weighted by Gasteiger charge is -2.28. The topological polar surface area (TPSA) is 84.2 Å². The summed E-state index contributed by atoms with van der Waals surface area (Å²) in [6.45, 7) is -0.220. The molecule has 6 nitrogen and oxygen atoms in total. The van der Waals surface area contributed by atoms with E-state index in [1.807, 2.05) is 24.3 Å². The smallest absolute Gasteiger partial charge is 0.325 e. The number of carbonyl (C=O) groups excluding carboxylic acids is 1. The van der Waals surface area contributed by atoms with Crippen LogP contribution in [0, 0.1) is 0 Å². The van der Waals surface area contributed by atoms with Crippen LogP contribution < -0.4 is 5.32 Å². The summed E-state index contributed by atoms with van der Waals surface area (Å²) in [4.78, 5) is 22.7. The van der Waals surface area contributed by atoms with E-state index in [1.165, 1.54) is 22.6 Å². The molecule has 0 saturated carbocycles. The Labute approximate surface area is 115 Å². The molecule has 0 aliphatic heterocycles. The normalized spacial score (nSPS) is 16.1. The van der Waals surface area contributed by atoms with Crippen LogP contribution in [0.3, 0.4) is 0 Å². The number of rotatable bonds is 4. The molecule has 1 aromatic heterocycles. The highest BCUT2D eigenvalue weighted by Gasteiger charge is 2.31. The zero-order valence-electron chi connectivity index (χ0n) is 10.6. The van der Waals surface area contributed by atoms with Crippen LogP contribution in [0.25, 0.3) is 0 Å². The summed E-state index contributed by atoms with van der Waals surface area (Å²) in [5.74, 6) is -1.19. The maximum absolute atomic E-state index is 12.1. The number of nitrogens with one attached hydrogen (secondary N) is 1. The minimum atomic E-state index is -0.973. The van der Waals surface area contributed by atoms with Crippen LogP contribution in [0.1, 0.15) is 17.0 Å². The number of nitrogens with zero attached hydrogens (tertiary/aromatic N) is 2. The van der Waals surface area contributed by atoms with Crippen LogP contribution in [0.2, 0.25) is 0 Å². The standard InChI is InChI=1S/C14H13N3O3/c18-13(19)8-17-7-10(6-15-17)16-14(20)12-5-9-3-1-2-4-11(9)12/h1-4,6-7,12H,5,8H2,(H,16,20)(H,18,19). The number of carboxylic acid groups (broad SMARTS) is 1. The number of carboxylic acids is 1. The summed E-state index contributed by atoms with van der Waals surface area (Å²) in [6.07, 6.45) is 3.70. The molecule has 0 bridgehead atoms. The van der Waals surface area contributed by atoms with Gasteiger partial charge >= 0.3 is 5.97 Å². The van der Waals surface area contributed by atoms with Crippen molar-refractivity contribution in [2.24, 2.45) is 0 Å². The summed E-state index contributed by atoms with van der Waals surface area (Å²) in [6, 6.07) is 7.85. The van der Waals surface area contributed by atoms with Gasteiger partial charge in [0.25, 0.3) is 0 Å². The molecule has 20 heavy (non-hydrogen) atoms. The van der Waals surface area contributed by atoms with E-state index >= 15 is 0 Å². The molecule has 1 aromatic carbocycles. The van der Waals surface area contributed by atoms with Crippen molar-refractivity contribution in [2.75, 3.05) is 5.32 Å². The van der Waals surface area contributed by atoms with Gasteiger partial charge in [0, 0.05) is 6.20 Å². The third-order valence-corrected chi connectivity index (χ3v) is 3.37. The predicted molar refractivity (Wildman–Crippen MR) is 71.4 cm³/mol. The Morgan fingerprint density at radius 1 is 1.40 bits per heavy atom. The van der Waals surface area contributed by atoms with Crippen LogP contribution in [-0.4, -0.2) is 26.8 Å². The van der Waals surface area contributed by atoms with E-state index in [1.54, 1.807) is 0 Å². The molecule has 2 N–H and O–H groups in total. The number of benzene rings is 1. The van der Waals surface area contributed by atoms with Crippen molar-refractivity contribution in [1.29, 1.82) is 0 Å². The molecule has 0 fully saturated rings. The number of carbonyl (C=O) groups is 2. The van der Waals surface area contributed by atoms with Gasteiger partial charge in [0.15, 0.2) is 0 Å². The highest BCUT2D eigenvalue weighted by Crippen LogP contribution is 2.35. The number of hydrogen-bond acceptors (Lipinski definition) is 3. The quantitative estimate of drug-likeness (QED) is 0.876. The lowest BCUT2D eigenvalue weighted by Crippen LogP contribution is -2.29. The fourth-order valence-electron chi connectivity index (χ4n) is 2.38. The first kappa shape index (κ1) is 12.4. The van der Waals surface area contributed by atoms with Gasteiger partial charge in [-0.3, -0.25) is 14.3 Å². The minimum absolute atomic E-state index is 0.0847. The second-order valence-electron chi connectivity index (χ2n) is 4.77. The van der Waals surface area contributed by atoms with Gasteiger partial charge in [-0.25, -0.2) is 0 Å². The van der Waals surface area contributed by atoms with Crippen molar-refractivity contribution in [2.45, 2.75) is 18.9 Å². The fraction of sp³-hybridized carbons (Fsp3) is 0.214. The molecule has 1 atom stereocenters. The van der Waals surface area contributed by atoms with E-state index in [2.05, 4.69) is 10.4 Å². The summed E-state index contributed by atoms with van der Waals surface area (Å²) in [5.41, 5.74) is 2.78. The number of aliphatic carboxylic acids is 1. The van der Waals surface area contributed by atoms with Crippen molar-refractivity contribution < 1.29 is 14.7 Å². The molecule has 2 aromatic rings. The first-order valence-electron chi connectivity index (χ1n) is 6.26. The van der Waals surface area contributed by atoms with Gasteiger partial charge in [0.1, 0.15) is 6.54 Å². The van der Waals surface area contributed by atoms with E-state index in [9.17, 15) is 9.59 Å². The van der Waals surface area contributed by atoms with Crippen LogP contribution in [0.5, 0.6) is 0 Å². The average Bonchev–Trinajstić information content (AvgIpc) is 2.77. The third-order valence-electron chi connectivity index (χ3n) is 3.37. The zero-order chi connectivity index (χ0) is 14.1. The average molecular weight is 271 g/mol. The van der Waals surface area contributed by atoms with Gasteiger partial charge in [0.05, 0.1) is 17.8 Å². The predicted octanol–water partition coefficient (Wildman–Crippen LogP) is 1.25. The Morgan fingerprint density at radius 2 is 2.20 bits per heavy atom. The van der Waals surface area contributed by atoms with E-state index in [4.69, 9.17) is 5.11 Å². The van der Waals surface area contributed by atoms with E-state index < -0.39 is 5.97 Å². The largest absolute Gasteiger partial charge is 0.480 e. The van der Waals surface area contributed by atoms with Crippen molar-refractivity contribution in [1.82, 2.24) is 9.78 Å². The molecule has 1 amide bonds. The van der Waals surface area contributed by atoms with Crippen LogP contribution in [0.15, 0.2) is 36.7 Å². The number of hydrogen-bond donors (Lipinski definition) is 2. The number of anilines is 1. The molecule has 1 heterocycles. The molecular formula is C14H13N3O3. The third kappa shape index (κ3) is 2.27. The fourth-order valence-corrected chi connectivity index (χ4v) is 2.38. The summed E-state index contributed by atoms with van der Waals surface area (Å²) >= 11 is 0. The summed E-state index contributed by atoms with van der Waals surface area (Å²) in [7, 11) is 0. The summed E-state index contributed by atoms with van der Waals surface area (Å²) < 4.78 is 1.27. The van der Waals surface area contributed by atoms with Gasteiger partial charge in [-0.1, -0.05) is 24.3 Å². The van der Waals surface area contributed by atoms with Crippen molar-refractivity contribution >= 4 is 17.6 Å². The Bertz CT molecular complexity index is 678. The lowest BCUT2D eigenvalue weighted by atomic mass is 9.77. The Balaban J connectivity index is 1.66. The molecule has 0 spiro atoms. The second kappa shape index (κ2) is 4.80. The maximum atomic E-state index is 12.1. The molecule has 1 aliphatic carbocycles. The molecule has 3 rings (SSSR count). The Kier molecular flexibility index (Phi) is 2.98. The number of fused-ring (bicyclic) bond motifs is 1. The van der Waals surface area contributed by atoms with Gasteiger partial charge < -0.3 is 10.4 Å². The monoisotopic (exact) mass is 271 g/mol. The Morgan fingerprint density at radius 3 is 2.95 bits per heavy atom. The zero-order valence-corrected chi connectivity index (χ0v) is 10.6. The van der Waals surface area contributed by atoms with Gasteiger partial charge in [-0.05, 0) is 17.5 Å². The van der Waals surface area contributed by atoms with Crippen molar-refractivity contribution in [3.8, 4) is 0 Å². The Hall–Kier alpha value is -2.63. The van der Waals surface area contributed by atoms with Crippen molar-refractivity contribution in [3.05, 3.63) is 47.8 Å².